The molecule has 1 heterocycles. The number of nitrogens with zero attached hydrogens (tertiary/aromatic N) is 2. The molecular weight excluding hydrogens is 208 g/mol. The molecule has 6 nitrogen and oxygen atoms in total. The van der Waals surface area contributed by atoms with Crippen molar-refractivity contribution >= 4 is 5.91 Å². The molecule has 16 heavy (non-hydrogen) atoms. The fraction of sp³-hybridized carbons (Fsp3) is 0.600. The van der Waals surface area contributed by atoms with Gasteiger partial charge in [-0.05, 0) is 6.42 Å². The van der Waals surface area contributed by atoms with Crippen molar-refractivity contribution in [2.45, 2.75) is 19.9 Å². The topological polar surface area (TPSA) is 82.2 Å². The van der Waals surface area contributed by atoms with Gasteiger partial charge < -0.3 is 15.8 Å². The Labute approximate surface area is 94.8 Å². The third kappa shape index (κ3) is 4.31. The highest BCUT2D eigenvalue weighted by molar-refractivity contribution is 5.77. The van der Waals surface area contributed by atoms with Gasteiger partial charge in [0.2, 0.25) is 0 Å². The molecule has 0 spiro atoms. The standard InChI is InChI=1S/C10H18N4O2/c1-2-5-14-7-9(6-13-14)16-8-10(15)12-4-3-11/h6-7H,2-5,8,11H2,1H3,(H,12,15). The molecule has 0 radical (unpaired) electrons. The summed E-state index contributed by atoms with van der Waals surface area (Å²) in [5.74, 6) is 0.435. The maximum Gasteiger partial charge on any atom is 0.257 e. The quantitative estimate of drug-likeness (QED) is 0.671. The van der Waals surface area contributed by atoms with Gasteiger partial charge in [-0.15, -0.1) is 0 Å². The van der Waals surface area contributed by atoms with Crippen molar-refractivity contribution in [3.63, 3.8) is 0 Å². The number of hydrogen-bond donors (Lipinski definition) is 2. The highest BCUT2D eigenvalue weighted by Gasteiger charge is 2.03. The van der Waals surface area contributed by atoms with Crippen molar-refractivity contribution in [2.75, 3.05) is 19.7 Å². The lowest BCUT2D eigenvalue weighted by atomic mass is 10.5. The maximum atomic E-state index is 11.2. The second kappa shape index (κ2) is 6.84. The van der Waals surface area contributed by atoms with Crippen molar-refractivity contribution in [3.8, 4) is 5.75 Å². The van der Waals surface area contributed by atoms with Crippen molar-refractivity contribution in [2.24, 2.45) is 5.73 Å². The predicted octanol–water partition coefficient (Wildman–Crippen LogP) is -0.253. The fourth-order valence-corrected chi connectivity index (χ4v) is 1.18. The summed E-state index contributed by atoms with van der Waals surface area (Å²) >= 11 is 0. The molecule has 0 atom stereocenters. The summed E-state index contributed by atoms with van der Waals surface area (Å²) in [7, 11) is 0. The average molecular weight is 226 g/mol. The van der Waals surface area contributed by atoms with Crippen LogP contribution in [-0.4, -0.2) is 35.4 Å². The van der Waals surface area contributed by atoms with Gasteiger partial charge in [-0.2, -0.15) is 5.10 Å². The van der Waals surface area contributed by atoms with E-state index >= 15 is 0 Å². The number of ether oxygens (including phenoxy) is 1. The second-order valence-electron chi connectivity index (χ2n) is 3.37. The largest absolute Gasteiger partial charge is 0.480 e. The minimum Gasteiger partial charge on any atom is -0.480 e. The minimum atomic E-state index is -0.173. The molecule has 1 aromatic rings. The third-order valence-corrected chi connectivity index (χ3v) is 1.90. The van der Waals surface area contributed by atoms with Gasteiger partial charge in [0.1, 0.15) is 0 Å². The Bertz CT molecular complexity index is 324. The number of aromatic nitrogens is 2. The van der Waals surface area contributed by atoms with Crippen LogP contribution in [0, 0.1) is 0 Å². The van der Waals surface area contributed by atoms with Crippen LogP contribution >= 0.6 is 0 Å². The van der Waals surface area contributed by atoms with Crippen molar-refractivity contribution < 1.29 is 9.53 Å². The molecule has 1 rings (SSSR count). The highest BCUT2D eigenvalue weighted by Crippen LogP contribution is 2.07. The lowest BCUT2D eigenvalue weighted by molar-refractivity contribution is -0.123. The van der Waals surface area contributed by atoms with Crippen molar-refractivity contribution in [1.29, 1.82) is 0 Å². The SMILES string of the molecule is CCCn1cc(OCC(=O)NCCN)cn1. The van der Waals surface area contributed by atoms with Crippen molar-refractivity contribution in [1.82, 2.24) is 15.1 Å². The van der Waals surface area contributed by atoms with Crippen LogP contribution in [0.25, 0.3) is 0 Å². The molecule has 3 N–H and O–H groups in total. The Hall–Kier alpha value is -1.56. The average Bonchev–Trinajstić information content (AvgIpc) is 2.72. The zero-order valence-electron chi connectivity index (χ0n) is 9.48. The number of nitrogens with two attached hydrogens (primary N) is 1. The lowest BCUT2D eigenvalue weighted by Gasteiger charge is -2.04. The van der Waals surface area contributed by atoms with Gasteiger partial charge in [0.15, 0.2) is 12.4 Å². The molecule has 1 amide bonds. The summed E-state index contributed by atoms with van der Waals surface area (Å²) in [5, 5.41) is 6.70. The normalized spacial score (nSPS) is 10.1. The number of hydrogen-bond acceptors (Lipinski definition) is 4. The van der Waals surface area contributed by atoms with E-state index in [4.69, 9.17) is 10.5 Å². The van der Waals surface area contributed by atoms with Gasteiger partial charge in [-0.25, -0.2) is 0 Å². The highest BCUT2D eigenvalue weighted by atomic mass is 16.5. The number of amides is 1. The molecule has 0 saturated carbocycles. The summed E-state index contributed by atoms with van der Waals surface area (Å²) < 4.78 is 7.04. The van der Waals surface area contributed by atoms with Crippen LogP contribution in [0.15, 0.2) is 12.4 Å². The van der Waals surface area contributed by atoms with E-state index in [9.17, 15) is 4.79 Å². The molecular formula is C10H18N4O2. The first-order valence-electron chi connectivity index (χ1n) is 5.38. The van der Waals surface area contributed by atoms with Gasteiger partial charge >= 0.3 is 0 Å². The Morgan fingerprint density at radius 1 is 1.69 bits per heavy atom. The van der Waals surface area contributed by atoms with E-state index in [1.807, 2.05) is 0 Å². The van der Waals surface area contributed by atoms with Gasteiger partial charge in [0, 0.05) is 19.6 Å². The van der Waals surface area contributed by atoms with Crippen LogP contribution in [0.3, 0.4) is 0 Å². The summed E-state index contributed by atoms with van der Waals surface area (Å²) in [5.41, 5.74) is 5.25. The van der Waals surface area contributed by atoms with Crippen LogP contribution in [-0.2, 0) is 11.3 Å². The molecule has 0 aromatic carbocycles. The van der Waals surface area contributed by atoms with Gasteiger partial charge in [0.25, 0.3) is 5.91 Å². The number of carbonyl (C=O) groups excluding carboxylic acids is 1. The second-order valence-corrected chi connectivity index (χ2v) is 3.37. The zero-order valence-corrected chi connectivity index (χ0v) is 9.48. The van der Waals surface area contributed by atoms with E-state index in [0.717, 1.165) is 13.0 Å². The van der Waals surface area contributed by atoms with Gasteiger partial charge in [-0.1, -0.05) is 6.92 Å². The summed E-state index contributed by atoms with van der Waals surface area (Å²) in [4.78, 5) is 11.2. The lowest BCUT2D eigenvalue weighted by Crippen LogP contribution is -2.32. The molecule has 0 aliphatic heterocycles. The number of carbonyl (C=O) groups is 1. The van der Waals surface area contributed by atoms with E-state index in [0.29, 0.717) is 18.8 Å². The zero-order chi connectivity index (χ0) is 11.8. The molecule has 0 aliphatic carbocycles. The first-order chi connectivity index (χ1) is 7.76. The molecule has 6 heteroatoms. The van der Waals surface area contributed by atoms with E-state index < -0.39 is 0 Å². The monoisotopic (exact) mass is 226 g/mol. The summed E-state index contributed by atoms with van der Waals surface area (Å²) in [6.45, 7) is 3.82. The molecule has 0 bridgehead atoms. The first kappa shape index (κ1) is 12.5. The summed E-state index contributed by atoms with van der Waals surface area (Å²) in [6, 6.07) is 0. The Balaban J connectivity index is 2.28. The Morgan fingerprint density at radius 2 is 2.50 bits per heavy atom. The van der Waals surface area contributed by atoms with E-state index in [2.05, 4.69) is 17.3 Å². The molecule has 0 aliphatic rings. The smallest absolute Gasteiger partial charge is 0.257 e. The third-order valence-electron chi connectivity index (χ3n) is 1.90. The molecule has 0 fully saturated rings. The van der Waals surface area contributed by atoms with Crippen LogP contribution in [0.4, 0.5) is 0 Å². The number of nitrogens with one attached hydrogen (secondary N) is 1. The Kier molecular flexibility index (Phi) is 5.35. The van der Waals surface area contributed by atoms with Gasteiger partial charge in [0.05, 0.1) is 12.4 Å². The number of rotatable bonds is 7. The maximum absolute atomic E-state index is 11.2. The van der Waals surface area contributed by atoms with Crippen LogP contribution in [0.2, 0.25) is 0 Å². The fourth-order valence-electron chi connectivity index (χ4n) is 1.18. The Morgan fingerprint density at radius 3 is 3.19 bits per heavy atom. The van der Waals surface area contributed by atoms with Gasteiger partial charge in [-0.3, -0.25) is 9.48 Å². The van der Waals surface area contributed by atoms with Crippen LogP contribution in [0.1, 0.15) is 13.3 Å². The first-order valence-corrected chi connectivity index (χ1v) is 5.38. The minimum absolute atomic E-state index is 0.00216. The number of aryl methyl sites for hydroxylation is 1. The summed E-state index contributed by atoms with van der Waals surface area (Å²) in [6.07, 6.45) is 4.39. The van der Waals surface area contributed by atoms with Crippen LogP contribution in [0.5, 0.6) is 5.75 Å². The van der Waals surface area contributed by atoms with Crippen molar-refractivity contribution in [3.05, 3.63) is 12.4 Å². The van der Waals surface area contributed by atoms with Crippen LogP contribution < -0.4 is 15.8 Å². The molecule has 1 aromatic heterocycles. The molecule has 0 unspecified atom stereocenters. The predicted molar refractivity (Wildman–Crippen MR) is 60.1 cm³/mol. The molecule has 0 saturated heterocycles. The molecule has 90 valence electrons. The van der Waals surface area contributed by atoms with E-state index in [1.54, 1.807) is 17.1 Å². The van der Waals surface area contributed by atoms with E-state index in [1.165, 1.54) is 0 Å². The van der Waals surface area contributed by atoms with E-state index in [-0.39, 0.29) is 12.5 Å².